The number of thiophene rings is 1. The number of hydrogen-bond acceptors (Lipinski definition) is 7. The number of hydrogen-bond donors (Lipinski definition) is 2. The lowest BCUT2D eigenvalue weighted by Crippen LogP contribution is -2.29. The quantitative estimate of drug-likeness (QED) is 0.217. The van der Waals surface area contributed by atoms with Crippen LogP contribution in [0.3, 0.4) is 0 Å². The Morgan fingerprint density at radius 1 is 1.02 bits per heavy atom. The molecule has 4 aromatic rings. The summed E-state index contributed by atoms with van der Waals surface area (Å²) in [7, 11) is -4.00. The molecular weight excluding hydrogens is 601 g/mol. The molecule has 0 radical (unpaired) electrons. The fraction of sp³-hybridized carbons (Fsp3) is 0.200. The predicted molar refractivity (Wildman–Crippen MR) is 163 cm³/mol. The second-order valence-corrected chi connectivity index (χ2v) is 12.3. The number of nitrogens with one attached hydrogen (secondary N) is 2. The number of ether oxygens (including phenoxy) is 1. The number of rotatable bonds is 9. The van der Waals surface area contributed by atoms with E-state index in [1.807, 2.05) is 18.2 Å². The largest absolute Gasteiger partial charge is 0.462 e. The van der Waals surface area contributed by atoms with Gasteiger partial charge in [-0.25, -0.2) is 17.6 Å². The number of amides is 1. The first-order valence-corrected chi connectivity index (χ1v) is 15.3. The van der Waals surface area contributed by atoms with Gasteiger partial charge >= 0.3 is 5.97 Å². The fourth-order valence-corrected chi connectivity index (χ4v) is 6.99. The molecule has 1 amide bonds. The van der Waals surface area contributed by atoms with Crippen molar-refractivity contribution in [3.05, 3.63) is 112 Å². The lowest BCUT2D eigenvalue weighted by atomic mass is 10.0. The molecule has 0 saturated heterocycles. The zero-order valence-corrected chi connectivity index (χ0v) is 25.1. The topological polar surface area (TPSA) is 105 Å². The van der Waals surface area contributed by atoms with Crippen molar-refractivity contribution in [1.82, 2.24) is 4.90 Å². The molecule has 0 atom stereocenters. The molecule has 12 heteroatoms. The summed E-state index contributed by atoms with van der Waals surface area (Å²) in [5.74, 6) is -1.54. The molecule has 1 aromatic heterocycles. The van der Waals surface area contributed by atoms with Crippen molar-refractivity contribution in [3.63, 3.8) is 0 Å². The molecule has 0 aliphatic carbocycles. The molecule has 0 bridgehead atoms. The van der Waals surface area contributed by atoms with Gasteiger partial charge in [-0.1, -0.05) is 36.4 Å². The van der Waals surface area contributed by atoms with E-state index in [2.05, 4.69) is 27.1 Å². The van der Waals surface area contributed by atoms with Gasteiger partial charge in [0.15, 0.2) is 0 Å². The molecule has 8 nitrogen and oxygen atoms in total. The van der Waals surface area contributed by atoms with Crippen LogP contribution in [-0.2, 0) is 34.3 Å². The first-order valence-electron chi connectivity index (χ1n) is 13.0. The highest BCUT2D eigenvalue weighted by atomic mass is 35.5. The second-order valence-electron chi connectivity index (χ2n) is 9.47. The predicted octanol–water partition coefficient (Wildman–Crippen LogP) is 6.10. The molecule has 3 aromatic carbocycles. The molecule has 1 aliphatic rings. The zero-order valence-electron chi connectivity index (χ0n) is 22.6. The summed E-state index contributed by atoms with van der Waals surface area (Å²) < 4.78 is 46.4. The van der Waals surface area contributed by atoms with E-state index >= 15 is 0 Å². The summed E-state index contributed by atoms with van der Waals surface area (Å²) in [6.07, 6.45) is 0.642. The van der Waals surface area contributed by atoms with E-state index in [1.54, 1.807) is 19.1 Å². The van der Waals surface area contributed by atoms with Crippen LogP contribution in [0.5, 0.6) is 0 Å². The minimum absolute atomic E-state index is 0. The summed E-state index contributed by atoms with van der Waals surface area (Å²) in [6, 6.07) is 20.6. The average Bonchev–Trinajstić information content (AvgIpc) is 3.31. The third-order valence-corrected chi connectivity index (χ3v) is 9.12. The van der Waals surface area contributed by atoms with Crippen LogP contribution in [0, 0.1) is 5.82 Å². The van der Waals surface area contributed by atoms with E-state index in [9.17, 15) is 22.4 Å². The first-order chi connectivity index (χ1) is 19.7. The van der Waals surface area contributed by atoms with Crippen molar-refractivity contribution in [2.24, 2.45) is 0 Å². The molecule has 1 aliphatic heterocycles. The van der Waals surface area contributed by atoms with E-state index in [0.717, 1.165) is 47.8 Å². The summed E-state index contributed by atoms with van der Waals surface area (Å²) in [5, 5.41) is 3.26. The number of nitrogens with zero attached hydrogens (tertiary/aromatic N) is 1. The Kier molecular flexibility index (Phi) is 10.00. The van der Waals surface area contributed by atoms with E-state index in [1.165, 1.54) is 29.0 Å². The molecule has 0 unspecified atom stereocenters. The maximum atomic E-state index is 13.3. The van der Waals surface area contributed by atoms with Crippen LogP contribution in [0.2, 0.25) is 0 Å². The highest BCUT2D eigenvalue weighted by Crippen LogP contribution is 2.38. The highest BCUT2D eigenvalue weighted by molar-refractivity contribution is 7.92. The van der Waals surface area contributed by atoms with Gasteiger partial charge in [0, 0.05) is 35.8 Å². The minimum Gasteiger partial charge on any atom is -0.462 e. The van der Waals surface area contributed by atoms with Crippen LogP contribution in [0.15, 0.2) is 83.8 Å². The number of fused-ring (bicyclic) bond motifs is 1. The monoisotopic (exact) mass is 629 g/mol. The van der Waals surface area contributed by atoms with Gasteiger partial charge in [-0.3, -0.25) is 14.4 Å². The van der Waals surface area contributed by atoms with Crippen molar-refractivity contribution >= 4 is 56.3 Å². The summed E-state index contributed by atoms with van der Waals surface area (Å²) in [4.78, 5) is 29.5. The second kappa shape index (κ2) is 13.5. The Bertz CT molecular complexity index is 1680. The first kappa shape index (κ1) is 31.2. The molecule has 2 N–H and O–H groups in total. The van der Waals surface area contributed by atoms with Crippen LogP contribution in [-0.4, -0.2) is 38.3 Å². The fourth-order valence-electron chi connectivity index (χ4n) is 4.67. The molecule has 0 fully saturated rings. The average molecular weight is 630 g/mol. The van der Waals surface area contributed by atoms with Crippen LogP contribution in [0.25, 0.3) is 0 Å². The van der Waals surface area contributed by atoms with Crippen LogP contribution < -0.4 is 10.0 Å². The van der Waals surface area contributed by atoms with Gasteiger partial charge in [-0.15, -0.1) is 23.7 Å². The van der Waals surface area contributed by atoms with Gasteiger partial charge in [0.2, 0.25) is 0 Å². The van der Waals surface area contributed by atoms with Gasteiger partial charge in [-0.05, 0) is 66.9 Å². The number of sulfonamides is 1. The molecule has 0 spiro atoms. The van der Waals surface area contributed by atoms with E-state index in [-0.39, 0.29) is 35.2 Å². The molecular formula is C30H29ClFN3O5S2. The van der Waals surface area contributed by atoms with Crippen molar-refractivity contribution in [1.29, 1.82) is 0 Å². The number of esters is 1. The SMILES string of the molecule is CCOC(=O)c1c(NC(=O)c2cccc(NS(=O)(=O)c3ccc(F)cc3)c2)sc2c1CCN(Cc1ccccc1)C2.Cl. The van der Waals surface area contributed by atoms with Gasteiger partial charge < -0.3 is 10.1 Å². The third-order valence-electron chi connectivity index (χ3n) is 6.59. The molecule has 2 heterocycles. The molecule has 5 rings (SSSR count). The van der Waals surface area contributed by atoms with Crippen LogP contribution in [0.4, 0.5) is 15.1 Å². The van der Waals surface area contributed by atoms with Gasteiger partial charge in [0.1, 0.15) is 10.8 Å². The standard InChI is InChI=1S/C30H28FN3O5S2.ClH/c1-2-39-30(36)27-25-15-16-34(18-20-7-4-3-5-8-20)19-26(25)40-29(27)32-28(35)21-9-6-10-23(17-21)33-41(37,38)24-13-11-22(31)12-14-24;/h3-14,17,33H,2,15-16,18-19H2,1H3,(H,32,35);1H. The van der Waals surface area contributed by atoms with E-state index in [0.29, 0.717) is 23.5 Å². The Balaban J connectivity index is 0.00000405. The number of anilines is 2. The number of carbonyl (C=O) groups is 2. The Morgan fingerprint density at radius 2 is 1.76 bits per heavy atom. The van der Waals surface area contributed by atoms with Crippen LogP contribution >= 0.6 is 23.7 Å². The van der Waals surface area contributed by atoms with E-state index < -0.39 is 27.7 Å². The highest BCUT2D eigenvalue weighted by Gasteiger charge is 2.30. The van der Waals surface area contributed by atoms with Gasteiger partial charge in [0.05, 0.1) is 17.1 Å². The van der Waals surface area contributed by atoms with E-state index in [4.69, 9.17) is 4.74 Å². The Morgan fingerprint density at radius 3 is 2.48 bits per heavy atom. The number of halogens is 2. The molecule has 220 valence electrons. The lowest BCUT2D eigenvalue weighted by molar-refractivity contribution is 0.0526. The van der Waals surface area contributed by atoms with Crippen molar-refractivity contribution in [3.8, 4) is 0 Å². The smallest absolute Gasteiger partial charge is 0.341 e. The summed E-state index contributed by atoms with van der Waals surface area (Å²) >= 11 is 1.35. The summed E-state index contributed by atoms with van der Waals surface area (Å²) in [6.45, 7) is 4.10. The molecule has 0 saturated carbocycles. The number of benzene rings is 3. The van der Waals surface area contributed by atoms with Crippen molar-refractivity contribution in [2.75, 3.05) is 23.2 Å². The van der Waals surface area contributed by atoms with Gasteiger partial charge in [-0.2, -0.15) is 0 Å². The lowest BCUT2D eigenvalue weighted by Gasteiger charge is -2.27. The number of carbonyl (C=O) groups excluding carboxylic acids is 2. The van der Waals surface area contributed by atoms with Gasteiger partial charge in [0.25, 0.3) is 15.9 Å². The maximum Gasteiger partial charge on any atom is 0.341 e. The zero-order chi connectivity index (χ0) is 29.0. The van der Waals surface area contributed by atoms with Crippen LogP contribution in [0.1, 0.15) is 43.6 Å². The third kappa shape index (κ3) is 7.16. The summed E-state index contributed by atoms with van der Waals surface area (Å²) in [5.41, 5.74) is 2.80. The molecule has 42 heavy (non-hydrogen) atoms. The van der Waals surface area contributed by atoms with Crippen molar-refractivity contribution in [2.45, 2.75) is 31.3 Å². The Hall–Kier alpha value is -3.77. The van der Waals surface area contributed by atoms with Crippen molar-refractivity contribution < 1.29 is 27.1 Å². The minimum atomic E-state index is -4.00. The maximum absolute atomic E-state index is 13.3. The Labute approximate surface area is 254 Å². The normalized spacial score (nSPS) is 13.0.